The van der Waals surface area contributed by atoms with Crippen molar-refractivity contribution in [3.05, 3.63) is 35.4 Å². The molecule has 2 saturated heterocycles. The molecular weight excluding hydrogens is 362 g/mol. The SMILES string of the molecule is CN=C(NCCCN1CCCCCC1)NCc1ccccc1CN1CCCC1=O. The maximum absolute atomic E-state index is 12.0. The van der Waals surface area contributed by atoms with Crippen molar-refractivity contribution in [1.82, 2.24) is 20.4 Å². The molecule has 2 heterocycles. The highest BCUT2D eigenvalue weighted by atomic mass is 16.2. The predicted molar refractivity (Wildman–Crippen MR) is 119 cm³/mol. The first kappa shape index (κ1) is 21.6. The summed E-state index contributed by atoms with van der Waals surface area (Å²) in [7, 11) is 1.82. The second-order valence-corrected chi connectivity index (χ2v) is 8.15. The molecule has 2 N–H and O–H groups in total. The van der Waals surface area contributed by atoms with Gasteiger partial charge in [-0.3, -0.25) is 9.79 Å². The maximum atomic E-state index is 12.0. The van der Waals surface area contributed by atoms with Gasteiger partial charge in [-0.05, 0) is 56.4 Å². The van der Waals surface area contributed by atoms with E-state index in [1.54, 1.807) is 0 Å². The number of hydrogen-bond donors (Lipinski definition) is 2. The second-order valence-electron chi connectivity index (χ2n) is 8.15. The Morgan fingerprint density at radius 2 is 1.76 bits per heavy atom. The lowest BCUT2D eigenvalue weighted by Gasteiger charge is -2.20. The Balaban J connectivity index is 1.41. The van der Waals surface area contributed by atoms with Crippen LogP contribution in [0.4, 0.5) is 0 Å². The highest BCUT2D eigenvalue weighted by Crippen LogP contribution is 2.17. The minimum Gasteiger partial charge on any atom is -0.356 e. The molecular formula is C23H37N5O. The molecule has 0 aliphatic carbocycles. The predicted octanol–water partition coefficient (Wildman–Crippen LogP) is 2.74. The van der Waals surface area contributed by atoms with Crippen LogP contribution in [-0.2, 0) is 17.9 Å². The minimum absolute atomic E-state index is 0.273. The zero-order chi connectivity index (χ0) is 20.3. The lowest BCUT2D eigenvalue weighted by atomic mass is 10.1. The van der Waals surface area contributed by atoms with Crippen molar-refractivity contribution in [3.63, 3.8) is 0 Å². The summed E-state index contributed by atoms with van der Waals surface area (Å²) in [4.78, 5) is 20.9. The largest absolute Gasteiger partial charge is 0.356 e. The van der Waals surface area contributed by atoms with E-state index in [0.29, 0.717) is 19.5 Å². The third-order valence-corrected chi connectivity index (χ3v) is 5.96. The van der Waals surface area contributed by atoms with Crippen molar-refractivity contribution in [3.8, 4) is 0 Å². The van der Waals surface area contributed by atoms with E-state index in [1.165, 1.54) is 49.9 Å². The van der Waals surface area contributed by atoms with Crippen molar-refractivity contribution < 1.29 is 4.79 Å². The van der Waals surface area contributed by atoms with Gasteiger partial charge in [0.15, 0.2) is 5.96 Å². The van der Waals surface area contributed by atoms with Gasteiger partial charge in [0.05, 0.1) is 0 Å². The molecule has 1 aromatic rings. The summed E-state index contributed by atoms with van der Waals surface area (Å²) in [6.07, 6.45) is 8.27. The third-order valence-electron chi connectivity index (χ3n) is 5.96. The molecule has 6 nitrogen and oxygen atoms in total. The Labute approximate surface area is 175 Å². The molecule has 29 heavy (non-hydrogen) atoms. The number of carbonyl (C=O) groups is 1. The number of likely N-dealkylation sites (tertiary alicyclic amines) is 2. The number of aliphatic imine (C=N–C) groups is 1. The molecule has 0 unspecified atom stereocenters. The fourth-order valence-corrected chi connectivity index (χ4v) is 4.23. The smallest absolute Gasteiger partial charge is 0.222 e. The van der Waals surface area contributed by atoms with E-state index in [2.05, 4.69) is 44.8 Å². The van der Waals surface area contributed by atoms with E-state index in [9.17, 15) is 4.79 Å². The van der Waals surface area contributed by atoms with Crippen molar-refractivity contribution in [2.24, 2.45) is 4.99 Å². The first-order valence-corrected chi connectivity index (χ1v) is 11.3. The summed E-state index contributed by atoms with van der Waals surface area (Å²) in [5, 5.41) is 6.87. The summed E-state index contributed by atoms with van der Waals surface area (Å²) in [6.45, 7) is 6.90. The number of amides is 1. The van der Waals surface area contributed by atoms with Gasteiger partial charge in [-0.15, -0.1) is 0 Å². The number of hydrogen-bond acceptors (Lipinski definition) is 3. The minimum atomic E-state index is 0.273. The Hall–Kier alpha value is -2.08. The summed E-state index contributed by atoms with van der Waals surface area (Å²) in [5.41, 5.74) is 2.44. The molecule has 0 spiro atoms. The monoisotopic (exact) mass is 399 g/mol. The molecule has 0 aromatic heterocycles. The van der Waals surface area contributed by atoms with E-state index in [-0.39, 0.29) is 5.91 Å². The second kappa shape index (κ2) is 11.8. The van der Waals surface area contributed by atoms with Crippen LogP contribution < -0.4 is 10.6 Å². The van der Waals surface area contributed by atoms with Crippen LogP contribution in [0.3, 0.4) is 0 Å². The van der Waals surface area contributed by atoms with Gasteiger partial charge in [-0.1, -0.05) is 37.1 Å². The van der Waals surface area contributed by atoms with E-state index in [4.69, 9.17) is 0 Å². The third kappa shape index (κ3) is 7.03. The van der Waals surface area contributed by atoms with Gasteiger partial charge < -0.3 is 20.4 Å². The van der Waals surface area contributed by atoms with E-state index in [1.807, 2.05) is 11.9 Å². The first-order valence-electron chi connectivity index (χ1n) is 11.3. The van der Waals surface area contributed by atoms with Crippen LogP contribution >= 0.6 is 0 Å². The summed E-state index contributed by atoms with van der Waals surface area (Å²) in [5.74, 6) is 1.11. The van der Waals surface area contributed by atoms with Crippen LogP contribution in [0.15, 0.2) is 29.3 Å². The van der Waals surface area contributed by atoms with Crippen molar-refractivity contribution in [2.45, 2.75) is 58.0 Å². The van der Waals surface area contributed by atoms with Crippen molar-refractivity contribution in [1.29, 1.82) is 0 Å². The van der Waals surface area contributed by atoms with Crippen molar-refractivity contribution in [2.75, 3.05) is 39.8 Å². The van der Waals surface area contributed by atoms with Crippen LogP contribution in [0.2, 0.25) is 0 Å². The fraction of sp³-hybridized carbons (Fsp3) is 0.652. The van der Waals surface area contributed by atoms with E-state index < -0.39 is 0 Å². The van der Waals surface area contributed by atoms with Crippen molar-refractivity contribution >= 4 is 11.9 Å². The molecule has 0 atom stereocenters. The summed E-state index contributed by atoms with van der Waals surface area (Å²) < 4.78 is 0. The van der Waals surface area contributed by atoms with Crippen LogP contribution in [-0.4, -0.2) is 61.4 Å². The molecule has 2 fully saturated rings. The quantitative estimate of drug-likeness (QED) is 0.401. The van der Waals surface area contributed by atoms with Crippen LogP contribution in [0.5, 0.6) is 0 Å². The Bertz CT molecular complexity index is 667. The average Bonchev–Trinajstić information content (AvgIpc) is 2.98. The molecule has 2 aliphatic heterocycles. The number of benzene rings is 1. The van der Waals surface area contributed by atoms with Gasteiger partial charge in [-0.2, -0.15) is 0 Å². The number of carbonyl (C=O) groups excluding carboxylic acids is 1. The highest BCUT2D eigenvalue weighted by molar-refractivity contribution is 5.79. The summed E-state index contributed by atoms with van der Waals surface area (Å²) in [6, 6.07) is 8.37. The molecule has 1 aromatic carbocycles. The van der Waals surface area contributed by atoms with Crippen LogP contribution in [0.1, 0.15) is 56.1 Å². The Kier molecular flexibility index (Phi) is 8.81. The van der Waals surface area contributed by atoms with Gasteiger partial charge in [0.1, 0.15) is 0 Å². The Morgan fingerprint density at radius 3 is 2.45 bits per heavy atom. The summed E-state index contributed by atoms with van der Waals surface area (Å²) >= 11 is 0. The molecule has 3 rings (SSSR count). The van der Waals surface area contributed by atoms with Gasteiger partial charge in [-0.25, -0.2) is 0 Å². The van der Waals surface area contributed by atoms with Gasteiger partial charge in [0, 0.05) is 39.6 Å². The lowest BCUT2D eigenvalue weighted by molar-refractivity contribution is -0.128. The van der Waals surface area contributed by atoms with E-state index in [0.717, 1.165) is 38.4 Å². The first-order chi connectivity index (χ1) is 14.3. The standard InChI is InChI=1S/C23H37N5O/c1-24-23(25-13-9-16-27-14-6-2-3-7-15-27)26-18-20-10-4-5-11-21(20)19-28-17-8-12-22(28)29/h4-5,10-11H,2-3,6-9,12-19H2,1H3,(H2,24,25,26). The molecule has 0 saturated carbocycles. The number of rotatable bonds is 8. The molecule has 2 aliphatic rings. The zero-order valence-corrected chi connectivity index (χ0v) is 18.0. The highest BCUT2D eigenvalue weighted by Gasteiger charge is 2.20. The fourth-order valence-electron chi connectivity index (χ4n) is 4.23. The van der Waals surface area contributed by atoms with Crippen LogP contribution in [0.25, 0.3) is 0 Å². The average molecular weight is 400 g/mol. The van der Waals surface area contributed by atoms with Gasteiger partial charge in [0.25, 0.3) is 0 Å². The number of nitrogens with zero attached hydrogens (tertiary/aromatic N) is 3. The van der Waals surface area contributed by atoms with Crippen LogP contribution in [0, 0.1) is 0 Å². The molecule has 160 valence electrons. The Morgan fingerprint density at radius 1 is 1.00 bits per heavy atom. The molecule has 0 radical (unpaired) electrons. The molecule has 0 bridgehead atoms. The van der Waals surface area contributed by atoms with Gasteiger partial charge in [0.2, 0.25) is 5.91 Å². The van der Waals surface area contributed by atoms with Gasteiger partial charge >= 0.3 is 0 Å². The number of nitrogens with one attached hydrogen (secondary N) is 2. The maximum Gasteiger partial charge on any atom is 0.222 e. The van der Waals surface area contributed by atoms with E-state index >= 15 is 0 Å². The normalized spacial score (nSPS) is 18.7. The molecule has 1 amide bonds. The topological polar surface area (TPSA) is 60.0 Å². The zero-order valence-electron chi connectivity index (χ0n) is 18.0. The lowest BCUT2D eigenvalue weighted by Crippen LogP contribution is -2.38. The molecule has 6 heteroatoms. The number of guanidine groups is 1.